The normalized spacial score (nSPS) is 10.5. The fourth-order valence-corrected chi connectivity index (χ4v) is 1.72. The monoisotopic (exact) mass is 223 g/mol. The molecule has 78 valence electrons. The van der Waals surface area contributed by atoms with Gasteiger partial charge >= 0.3 is 0 Å². The number of nitrogens with zero attached hydrogens (tertiary/aromatic N) is 2. The fourth-order valence-electron chi connectivity index (χ4n) is 1.18. The summed E-state index contributed by atoms with van der Waals surface area (Å²) in [4.78, 5) is 22.2. The number of rotatable bonds is 3. The van der Waals surface area contributed by atoms with Crippen molar-refractivity contribution >= 4 is 11.3 Å². The molecule has 0 amide bonds. The second-order valence-corrected chi connectivity index (χ2v) is 3.61. The van der Waals surface area contributed by atoms with Crippen LogP contribution >= 0.6 is 11.3 Å². The van der Waals surface area contributed by atoms with Crippen LogP contribution in [-0.4, -0.2) is 22.1 Å². The van der Waals surface area contributed by atoms with Crippen molar-refractivity contribution in [2.75, 3.05) is 7.11 Å². The van der Waals surface area contributed by atoms with E-state index in [1.165, 1.54) is 17.4 Å². The Morgan fingerprint density at radius 3 is 3.13 bits per heavy atom. The largest absolute Gasteiger partial charge is 0.378 e. The molecule has 0 fully saturated rings. The summed E-state index contributed by atoms with van der Waals surface area (Å²) in [7, 11) is 1.56. The molecule has 6 heteroatoms. The highest BCUT2D eigenvalue weighted by molar-refractivity contribution is 7.07. The molecule has 15 heavy (non-hydrogen) atoms. The highest BCUT2D eigenvalue weighted by atomic mass is 32.1. The van der Waals surface area contributed by atoms with Gasteiger partial charge in [-0.1, -0.05) is 0 Å². The third kappa shape index (κ3) is 2.28. The Balaban J connectivity index is 2.44. The summed E-state index contributed by atoms with van der Waals surface area (Å²) in [5.41, 5.74) is 2.78. The lowest BCUT2D eigenvalue weighted by molar-refractivity contribution is 0.181. The van der Waals surface area contributed by atoms with Crippen LogP contribution in [0.15, 0.2) is 21.8 Å². The summed E-state index contributed by atoms with van der Waals surface area (Å²) >= 11 is 1.46. The van der Waals surface area contributed by atoms with Crippen molar-refractivity contribution in [2.45, 2.75) is 6.61 Å². The number of aromatic nitrogens is 3. The number of ether oxygens (including phenoxy) is 1. The first-order valence-corrected chi connectivity index (χ1v) is 5.21. The molecule has 0 saturated carbocycles. The molecule has 0 spiro atoms. The standard InChI is InChI=1S/C9H9N3O2S/c1-14-3-6-2-8(13)12-9(11-6)7-4-15-5-10-7/h2,4-5H,3H2,1H3,(H,11,12,13). The van der Waals surface area contributed by atoms with Gasteiger partial charge in [0, 0.05) is 18.6 Å². The number of thiazole rings is 1. The molecular formula is C9H9N3O2S. The maximum atomic E-state index is 11.3. The molecule has 0 aromatic carbocycles. The van der Waals surface area contributed by atoms with Gasteiger partial charge in [-0.2, -0.15) is 0 Å². The highest BCUT2D eigenvalue weighted by Gasteiger charge is 2.05. The molecule has 0 radical (unpaired) electrons. The van der Waals surface area contributed by atoms with Gasteiger partial charge in [0.2, 0.25) is 0 Å². The van der Waals surface area contributed by atoms with Crippen molar-refractivity contribution in [3.8, 4) is 11.5 Å². The molecule has 0 unspecified atom stereocenters. The topological polar surface area (TPSA) is 67.9 Å². The Kier molecular flexibility index (Phi) is 2.89. The lowest BCUT2D eigenvalue weighted by atomic mass is 10.4. The number of nitrogens with one attached hydrogen (secondary N) is 1. The molecule has 1 N–H and O–H groups in total. The average molecular weight is 223 g/mol. The van der Waals surface area contributed by atoms with Gasteiger partial charge in [0.1, 0.15) is 5.69 Å². The Bertz CT molecular complexity index is 492. The minimum absolute atomic E-state index is 0.194. The second kappa shape index (κ2) is 4.33. The summed E-state index contributed by atoms with van der Waals surface area (Å²) in [6, 6.07) is 1.42. The molecule has 2 rings (SSSR count). The third-order valence-corrected chi connectivity index (χ3v) is 2.35. The number of hydrogen-bond donors (Lipinski definition) is 1. The van der Waals surface area contributed by atoms with Crippen LogP contribution in [0.3, 0.4) is 0 Å². The van der Waals surface area contributed by atoms with Gasteiger partial charge in [-0.3, -0.25) is 4.79 Å². The van der Waals surface area contributed by atoms with E-state index in [0.717, 1.165) is 0 Å². The van der Waals surface area contributed by atoms with Crippen molar-refractivity contribution in [1.29, 1.82) is 0 Å². The molecule has 0 atom stereocenters. The lowest BCUT2D eigenvalue weighted by Crippen LogP contribution is -2.10. The Morgan fingerprint density at radius 1 is 1.60 bits per heavy atom. The van der Waals surface area contributed by atoms with Gasteiger partial charge in [0.05, 0.1) is 17.8 Å². The Morgan fingerprint density at radius 2 is 2.47 bits per heavy atom. The van der Waals surface area contributed by atoms with Crippen molar-refractivity contribution in [3.63, 3.8) is 0 Å². The van der Waals surface area contributed by atoms with Crippen LogP contribution in [0.1, 0.15) is 5.69 Å². The second-order valence-electron chi connectivity index (χ2n) is 2.89. The average Bonchev–Trinajstić information content (AvgIpc) is 2.70. The van der Waals surface area contributed by atoms with Gasteiger partial charge in [-0.15, -0.1) is 11.3 Å². The zero-order valence-corrected chi connectivity index (χ0v) is 8.87. The molecule has 2 heterocycles. The molecule has 2 aromatic heterocycles. The summed E-state index contributed by atoms with van der Waals surface area (Å²) in [5.74, 6) is 0.482. The molecule has 0 aliphatic rings. The summed E-state index contributed by atoms with van der Waals surface area (Å²) in [5, 5.41) is 1.83. The third-order valence-electron chi connectivity index (χ3n) is 1.76. The van der Waals surface area contributed by atoms with E-state index in [-0.39, 0.29) is 5.56 Å². The lowest BCUT2D eigenvalue weighted by Gasteiger charge is -2.00. The van der Waals surface area contributed by atoms with Crippen molar-refractivity contribution in [3.05, 3.63) is 33.0 Å². The van der Waals surface area contributed by atoms with Gasteiger partial charge in [-0.25, -0.2) is 9.97 Å². The van der Waals surface area contributed by atoms with Crippen LogP contribution in [0.25, 0.3) is 11.5 Å². The first-order valence-electron chi connectivity index (χ1n) is 4.27. The molecule has 5 nitrogen and oxygen atoms in total. The van der Waals surface area contributed by atoms with Crippen molar-refractivity contribution in [1.82, 2.24) is 15.0 Å². The Labute approximate surface area is 89.8 Å². The molecule has 0 bridgehead atoms. The van der Waals surface area contributed by atoms with Crippen LogP contribution in [0.2, 0.25) is 0 Å². The molecule has 0 saturated heterocycles. The van der Waals surface area contributed by atoms with E-state index >= 15 is 0 Å². The first-order chi connectivity index (χ1) is 7.29. The van der Waals surface area contributed by atoms with E-state index < -0.39 is 0 Å². The molecule has 0 aliphatic heterocycles. The SMILES string of the molecule is COCc1cc(=O)[nH]c(-c2cscn2)n1. The molecule has 0 aliphatic carbocycles. The molecular weight excluding hydrogens is 214 g/mol. The van der Waals surface area contributed by atoms with E-state index in [2.05, 4.69) is 15.0 Å². The van der Waals surface area contributed by atoms with Crippen molar-refractivity contribution in [2.24, 2.45) is 0 Å². The predicted octanol–water partition coefficient (Wildman–Crippen LogP) is 1.04. The zero-order chi connectivity index (χ0) is 10.7. The number of hydrogen-bond acceptors (Lipinski definition) is 5. The highest BCUT2D eigenvalue weighted by Crippen LogP contribution is 2.13. The van der Waals surface area contributed by atoms with Crippen LogP contribution < -0.4 is 5.56 Å². The quantitative estimate of drug-likeness (QED) is 0.844. The van der Waals surface area contributed by atoms with Gasteiger partial charge in [0.15, 0.2) is 5.82 Å². The maximum Gasteiger partial charge on any atom is 0.251 e. The minimum atomic E-state index is -0.194. The van der Waals surface area contributed by atoms with E-state index in [9.17, 15) is 4.79 Å². The van der Waals surface area contributed by atoms with Crippen LogP contribution in [0.5, 0.6) is 0 Å². The molecule has 2 aromatic rings. The summed E-state index contributed by atoms with van der Waals surface area (Å²) in [6.07, 6.45) is 0. The van der Waals surface area contributed by atoms with E-state index in [1.807, 2.05) is 5.38 Å². The maximum absolute atomic E-state index is 11.3. The minimum Gasteiger partial charge on any atom is -0.378 e. The summed E-state index contributed by atoms with van der Waals surface area (Å²) in [6.45, 7) is 0.320. The number of methoxy groups -OCH3 is 1. The smallest absolute Gasteiger partial charge is 0.251 e. The fraction of sp³-hybridized carbons (Fsp3) is 0.222. The van der Waals surface area contributed by atoms with Crippen LogP contribution in [-0.2, 0) is 11.3 Å². The predicted molar refractivity (Wildman–Crippen MR) is 56.7 cm³/mol. The first kappa shape index (κ1) is 10.0. The Hall–Kier alpha value is -1.53. The van der Waals surface area contributed by atoms with Crippen molar-refractivity contribution < 1.29 is 4.74 Å². The van der Waals surface area contributed by atoms with E-state index in [4.69, 9.17) is 4.74 Å². The van der Waals surface area contributed by atoms with E-state index in [1.54, 1.807) is 12.6 Å². The van der Waals surface area contributed by atoms with Gasteiger partial charge in [-0.05, 0) is 0 Å². The zero-order valence-electron chi connectivity index (χ0n) is 8.06. The van der Waals surface area contributed by atoms with E-state index in [0.29, 0.717) is 23.8 Å². The van der Waals surface area contributed by atoms with Gasteiger partial charge in [0.25, 0.3) is 5.56 Å². The van der Waals surface area contributed by atoms with Gasteiger partial charge < -0.3 is 9.72 Å². The number of aromatic amines is 1. The van der Waals surface area contributed by atoms with Crippen LogP contribution in [0.4, 0.5) is 0 Å². The summed E-state index contributed by atoms with van der Waals surface area (Å²) < 4.78 is 4.92. The number of H-pyrrole nitrogens is 1. The van der Waals surface area contributed by atoms with Crippen LogP contribution in [0, 0.1) is 0 Å².